The number of hydrogen-bond donors (Lipinski definition) is 2. The molecule has 1 fully saturated rings. The number of hydrogen-bond acceptors (Lipinski definition) is 3. The molecule has 2 rings (SSSR count). The fourth-order valence-electron chi connectivity index (χ4n) is 3.11. The van der Waals surface area contributed by atoms with Crippen molar-refractivity contribution in [3.8, 4) is 0 Å². The maximum absolute atomic E-state index is 12.5. The minimum Gasteiger partial charge on any atom is -0.390 e. The zero-order chi connectivity index (χ0) is 15.6. The second-order valence-corrected chi connectivity index (χ2v) is 7.82. The molecule has 0 aromatic carbocycles. The maximum Gasteiger partial charge on any atom is 0.242 e. The van der Waals surface area contributed by atoms with Gasteiger partial charge in [0.25, 0.3) is 0 Å². The Kier molecular flexibility index (Phi) is 5.11. The van der Waals surface area contributed by atoms with Crippen molar-refractivity contribution in [2.24, 2.45) is 11.8 Å². The first kappa shape index (κ1) is 16.5. The number of aryl methyl sites for hydroxylation is 1. The fourth-order valence-corrected chi connectivity index (χ4v) is 4.54. The summed E-state index contributed by atoms with van der Waals surface area (Å²) in [5, 5.41) is 9.29. The van der Waals surface area contributed by atoms with Crippen LogP contribution in [0.25, 0.3) is 0 Å². The Bertz CT molecular complexity index is 558. The second-order valence-electron chi connectivity index (χ2n) is 6.11. The molecule has 120 valence electrons. The van der Waals surface area contributed by atoms with Gasteiger partial charge in [-0.1, -0.05) is 26.7 Å². The standard InChI is InChI=1S/C15H26N2O3S/c1-4-17-9-14(8-13(17)10-18)21(19,20)16-15-7-5-6-11(2)12(15)3/h8-9,11-12,15-16,18H,4-7,10H2,1-3H3. The number of sulfonamides is 1. The first-order chi connectivity index (χ1) is 9.89. The molecule has 5 nitrogen and oxygen atoms in total. The third-order valence-electron chi connectivity index (χ3n) is 4.79. The predicted molar refractivity (Wildman–Crippen MR) is 82.3 cm³/mol. The first-order valence-electron chi connectivity index (χ1n) is 7.71. The van der Waals surface area contributed by atoms with Crippen LogP contribution in [0.15, 0.2) is 17.2 Å². The topological polar surface area (TPSA) is 71.3 Å². The summed E-state index contributed by atoms with van der Waals surface area (Å²) in [6, 6.07) is 1.56. The molecule has 21 heavy (non-hydrogen) atoms. The van der Waals surface area contributed by atoms with E-state index in [-0.39, 0.29) is 17.5 Å². The van der Waals surface area contributed by atoms with Gasteiger partial charge in [-0.3, -0.25) is 0 Å². The van der Waals surface area contributed by atoms with Crippen LogP contribution in [0.5, 0.6) is 0 Å². The van der Waals surface area contributed by atoms with Crippen molar-refractivity contribution in [3.63, 3.8) is 0 Å². The number of aromatic nitrogens is 1. The van der Waals surface area contributed by atoms with Gasteiger partial charge < -0.3 is 9.67 Å². The Hall–Kier alpha value is -0.850. The minimum absolute atomic E-state index is 0.00121. The van der Waals surface area contributed by atoms with E-state index in [4.69, 9.17) is 0 Å². The van der Waals surface area contributed by atoms with Gasteiger partial charge in [0.2, 0.25) is 10.0 Å². The van der Waals surface area contributed by atoms with Gasteiger partial charge in [-0.15, -0.1) is 0 Å². The molecule has 0 spiro atoms. The Morgan fingerprint density at radius 3 is 2.67 bits per heavy atom. The van der Waals surface area contributed by atoms with Crippen molar-refractivity contribution in [1.29, 1.82) is 0 Å². The second kappa shape index (κ2) is 6.50. The van der Waals surface area contributed by atoms with Gasteiger partial charge in [0.1, 0.15) is 0 Å². The lowest BCUT2D eigenvalue weighted by Crippen LogP contribution is -2.43. The molecule has 1 aromatic rings. The zero-order valence-corrected chi connectivity index (χ0v) is 13.9. The van der Waals surface area contributed by atoms with Gasteiger partial charge in [0, 0.05) is 24.5 Å². The van der Waals surface area contributed by atoms with Crippen LogP contribution in [0.2, 0.25) is 0 Å². The molecule has 1 heterocycles. The third kappa shape index (κ3) is 3.49. The van der Waals surface area contributed by atoms with Crippen molar-refractivity contribution < 1.29 is 13.5 Å². The Labute approximate surface area is 127 Å². The predicted octanol–water partition coefficient (Wildman–Crippen LogP) is 2.10. The van der Waals surface area contributed by atoms with Crippen LogP contribution < -0.4 is 4.72 Å². The average Bonchev–Trinajstić information content (AvgIpc) is 2.88. The van der Waals surface area contributed by atoms with E-state index in [0.29, 0.717) is 24.1 Å². The van der Waals surface area contributed by atoms with E-state index in [1.807, 2.05) is 6.92 Å². The van der Waals surface area contributed by atoms with Crippen LogP contribution in [0.4, 0.5) is 0 Å². The smallest absolute Gasteiger partial charge is 0.242 e. The van der Waals surface area contributed by atoms with E-state index < -0.39 is 10.0 Å². The molecule has 0 aliphatic heterocycles. The van der Waals surface area contributed by atoms with Crippen LogP contribution in [0.1, 0.15) is 45.7 Å². The molecule has 1 aromatic heterocycles. The van der Waals surface area contributed by atoms with E-state index in [1.54, 1.807) is 16.8 Å². The van der Waals surface area contributed by atoms with Gasteiger partial charge in [0.05, 0.1) is 11.5 Å². The monoisotopic (exact) mass is 314 g/mol. The molecule has 3 atom stereocenters. The number of aliphatic hydroxyl groups excluding tert-OH is 1. The lowest BCUT2D eigenvalue weighted by molar-refractivity contribution is 0.227. The summed E-state index contributed by atoms with van der Waals surface area (Å²) in [6.45, 7) is 6.71. The van der Waals surface area contributed by atoms with Gasteiger partial charge in [-0.05, 0) is 31.2 Å². The normalized spacial score (nSPS) is 27.0. The molecule has 1 aliphatic rings. The number of aliphatic hydroxyl groups is 1. The Morgan fingerprint density at radius 1 is 1.38 bits per heavy atom. The van der Waals surface area contributed by atoms with Crippen molar-refractivity contribution >= 4 is 10.0 Å². The highest BCUT2D eigenvalue weighted by Gasteiger charge is 2.31. The van der Waals surface area contributed by atoms with E-state index in [0.717, 1.165) is 12.8 Å². The number of nitrogens with zero attached hydrogens (tertiary/aromatic N) is 1. The number of nitrogens with one attached hydrogen (secondary N) is 1. The summed E-state index contributed by atoms with van der Waals surface area (Å²) in [6.07, 6.45) is 4.73. The summed E-state index contributed by atoms with van der Waals surface area (Å²) in [5.74, 6) is 0.888. The van der Waals surface area contributed by atoms with Gasteiger partial charge in [-0.2, -0.15) is 0 Å². The Morgan fingerprint density at radius 2 is 2.10 bits per heavy atom. The van der Waals surface area contributed by atoms with Crippen molar-refractivity contribution in [1.82, 2.24) is 9.29 Å². The third-order valence-corrected chi connectivity index (χ3v) is 6.24. The lowest BCUT2D eigenvalue weighted by atomic mass is 9.78. The van der Waals surface area contributed by atoms with E-state index in [1.165, 1.54) is 6.42 Å². The number of rotatable bonds is 5. The highest BCUT2D eigenvalue weighted by atomic mass is 32.2. The molecular weight excluding hydrogens is 288 g/mol. The SMILES string of the molecule is CCn1cc(S(=O)(=O)NC2CCCC(C)C2C)cc1CO. The lowest BCUT2D eigenvalue weighted by Gasteiger charge is -2.34. The summed E-state index contributed by atoms with van der Waals surface area (Å²) < 4.78 is 29.7. The molecule has 3 unspecified atom stereocenters. The summed E-state index contributed by atoms with van der Waals surface area (Å²) in [7, 11) is -3.52. The van der Waals surface area contributed by atoms with Crippen molar-refractivity contribution in [2.45, 2.75) is 64.1 Å². The first-order valence-corrected chi connectivity index (χ1v) is 9.19. The quantitative estimate of drug-likeness (QED) is 0.874. The molecule has 2 N–H and O–H groups in total. The molecule has 6 heteroatoms. The summed E-state index contributed by atoms with van der Waals surface area (Å²) in [5.41, 5.74) is 0.628. The van der Waals surface area contributed by atoms with Gasteiger partial charge in [0.15, 0.2) is 0 Å². The summed E-state index contributed by atoms with van der Waals surface area (Å²) >= 11 is 0. The molecule has 0 radical (unpaired) electrons. The molecule has 0 bridgehead atoms. The minimum atomic E-state index is -3.52. The van der Waals surface area contributed by atoms with Crippen LogP contribution in [-0.4, -0.2) is 24.1 Å². The molecule has 1 saturated carbocycles. The fraction of sp³-hybridized carbons (Fsp3) is 0.733. The highest BCUT2D eigenvalue weighted by molar-refractivity contribution is 7.89. The van der Waals surface area contributed by atoms with E-state index >= 15 is 0 Å². The van der Waals surface area contributed by atoms with Crippen LogP contribution in [0, 0.1) is 11.8 Å². The Balaban J connectivity index is 2.20. The van der Waals surface area contributed by atoms with Gasteiger partial charge in [-0.25, -0.2) is 13.1 Å². The maximum atomic E-state index is 12.5. The average molecular weight is 314 g/mol. The molecule has 0 amide bonds. The largest absolute Gasteiger partial charge is 0.390 e. The van der Waals surface area contributed by atoms with Crippen LogP contribution >= 0.6 is 0 Å². The summed E-state index contributed by atoms with van der Waals surface area (Å²) in [4.78, 5) is 0.249. The van der Waals surface area contributed by atoms with Gasteiger partial charge >= 0.3 is 0 Å². The highest BCUT2D eigenvalue weighted by Crippen LogP contribution is 2.30. The van der Waals surface area contributed by atoms with Crippen LogP contribution in [0.3, 0.4) is 0 Å². The van der Waals surface area contributed by atoms with Crippen molar-refractivity contribution in [3.05, 3.63) is 18.0 Å². The van der Waals surface area contributed by atoms with Crippen molar-refractivity contribution in [2.75, 3.05) is 0 Å². The molecule has 1 aliphatic carbocycles. The molecule has 0 saturated heterocycles. The van der Waals surface area contributed by atoms with E-state index in [2.05, 4.69) is 18.6 Å². The zero-order valence-electron chi connectivity index (χ0n) is 13.0. The molecular formula is C15H26N2O3S. The van der Waals surface area contributed by atoms with Crippen LogP contribution in [-0.2, 0) is 23.2 Å². The van der Waals surface area contributed by atoms with E-state index in [9.17, 15) is 13.5 Å².